The molecule has 0 bridgehead atoms. The van der Waals surface area contributed by atoms with Crippen molar-refractivity contribution in [2.75, 3.05) is 12.3 Å². The fraction of sp³-hybridized carbons (Fsp3) is 0.467. The number of hydrogen-bond acceptors (Lipinski definition) is 4. The first kappa shape index (κ1) is 16.6. The average Bonchev–Trinajstić information content (AvgIpc) is 2.93. The zero-order chi connectivity index (χ0) is 15.8. The van der Waals surface area contributed by atoms with Crippen LogP contribution >= 0.6 is 0 Å². The van der Waals surface area contributed by atoms with Crippen molar-refractivity contribution in [3.63, 3.8) is 0 Å². The van der Waals surface area contributed by atoms with Crippen LogP contribution in [0.2, 0.25) is 0 Å². The van der Waals surface area contributed by atoms with Gasteiger partial charge in [0.05, 0.1) is 5.75 Å². The van der Waals surface area contributed by atoms with Gasteiger partial charge in [-0.05, 0) is 12.0 Å². The predicted molar refractivity (Wildman–Crippen MR) is 86.0 cm³/mol. The minimum atomic E-state index is -3.17. The van der Waals surface area contributed by atoms with Gasteiger partial charge in [-0.15, -0.1) is 0 Å². The van der Waals surface area contributed by atoms with E-state index < -0.39 is 10.0 Å². The van der Waals surface area contributed by atoms with E-state index in [0.717, 1.165) is 17.8 Å². The molecule has 22 heavy (non-hydrogen) atoms. The quantitative estimate of drug-likeness (QED) is 0.735. The number of sulfonamides is 1. The van der Waals surface area contributed by atoms with E-state index >= 15 is 0 Å². The molecule has 0 unspecified atom stereocenters. The van der Waals surface area contributed by atoms with E-state index in [9.17, 15) is 8.42 Å². The van der Waals surface area contributed by atoms with Crippen LogP contribution < -0.4 is 4.72 Å². The lowest BCUT2D eigenvalue weighted by Gasteiger charge is -2.04. The summed E-state index contributed by atoms with van der Waals surface area (Å²) in [6.07, 6.45) is 2.72. The summed E-state index contributed by atoms with van der Waals surface area (Å²) < 4.78 is 25.9. The van der Waals surface area contributed by atoms with Crippen LogP contribution in [0.5, 0.6) is 0 Å². The Bertz CT molecular complexity index is 668. The molecule has 6 nitrogen and oxygen atoms in total. The van der Waals surface area contributed by atoms with Crippen LogP contribution in [0, 0.1) is 0 Å². The third kappa shape index (κ3) is 5.57. The predicted octanol–water partition coefficient (Wildman–Crippen LogP) is 1.66. The summed E-state index contributed by atoms with van der Waals surface area (Å²) in [5, 5.41) is 7.02. The number of nitrogens with one attached hydrogen (secondary N) is 2. The molecule has 1 heterocycles. The first-order valence-corrected chi connectivity index (χ1v) is 9.15. The average molecular weight is 322 g/mol. The number of hydrogen-bond donors (Lipinski definition) is 2. The Kier molecular flexibility index (Phi) is 6.09. The lowest BCUT2D eigenvalue weighted by atomic mass is 10.1. The van der Waals surface area contributed by atoms with Crippen LogP contribution in [0.15, 0.2) is 30.3 Å². The van der Waals surface area contributed by atoms with Crippen molar-refractivity contribution in [1.82, 2.24) is 19.9 Å². The molecule has 0 aliphatic rings. The number of rotatable bonds is 9. The molecule has 0 aliphatic heterocycles. The number of nitrogens with zero attached hydrogens (tertiary/aromatic N) is 2. The number of unbranched alkanes of at least 4 members (excludes halogenated alkanes) is 1. The molecule has 2 rings (SSSR count). The Balaban J connectivity index is 1.80. The molecule has 0 saturated heterocycles. The van der Waals surface area contributed by atoms with Crippen molar-refractivity contribution in [3.8, 4) is 0 Å². The Morgan fingerprint density at radius 1 is 1.23 bits per heavy atom. The molecule has 1 aromatic carbocycles. The number of H-pyrrole nitrogens is 1. The summed E-state index contributed by atoms with van der Waals surface area (Å²) in [5.74, 6) is 1.59. The molecule has 7 heteroatoms. The molecule has 0 amide bonds. The molecule has 120 valence electrons. The van der Waals surface area contributed by atoms with Crippen molar-refractivity contribution in [2.45, 2.75) is 32.6 Å². The maximum Gasteiger partial charge on any atom is 0.211 e. The van der Waals surface area contributed by atoms with Crippen LogP contribution in [0.25, 0.3) is 0 Å². The van der Waals surface area contributed by atoms with Crippen molar-refractivity contribution < 1.29 is 8.42 Å². The number of aromatic nitrogens is 3. The van der Waals surface area contributed by atoms with Gasteiger partial charge in [0, 0.05) is 19.4 Å². The normalized spacial score (nSPS) is 11.7. The topological polar surface area (TPSA) is 87.7 Å². The molecule has 1 aromatic heterocycles. The van der Waals surface area contributed by atoms with E-state index in [0.29, 0.717) is 31.6 Å². The SMILES string of the molecule is CCCCS(=O)(=O)NCCc1n[nH]c(Cc2ccccc2)n1. The minimum Gasteiger partial charge on any atom is -0.263 e. The molecular formula is C15H22N4O2S. The van der Waals surface area contributed by atoms with Crippen molar-refractivity contribution in [1.29, 1.82) is 0 Å². The summed E-state index contributed by atoms with van der Waals surface area (Å²) in [6, 6.07) is 10.0. The van der Waals surface area contributed by atoms with Gasteiger partial charge in [0.2, 0.25) is 10.0 Å². The van der Waals surface area contributed by atoms with E-state index in [4.69, 9.17) is 0 Å². The molecule has 0 atom stereocenters. The maximum absolute atomic E-state index is 11.7. The lowest BCUT2D eigenvalue weighted by Crippen LogP contribution is -2.28. The van der Waals surface area contributed by atoms with E-state index in [2.05, 4.69) is 19.9 Å². The number of aromatic amines is 1. The standard InChI is InChI=1S/C15H22N4O2S/c1-2-3-11-22(20,21)16-10-9-14-17-15(19-18-14)12-13-7-5-4-6-8-13/h4-8,16H,2-3,9-12H2,1H3,(H,17,18,19). The largest absolute Gasteiger partial charge is 0.263 e. The van der Waals surface area contributed by atoms with Gasteiger partial charge >= 0.3 is 0 Å². The first-order chi connectivity index (χ1) is 10.6. The third-order valence-electron chi connectivity index (χ3n) is 3.23. The summed E-state index contributed by atoms with van der Waals surface area (Å²) in [5.41, 5.74) is 1.16. The fourth-order valence-corrected chi connectivity index (χ4v) is 3.27. The van der Waals surface area contributed by atoms with Gasteiger partial charge in [0.25, 0.3) is 0 Å². The van der Waals surface area contributed by atoms with Crippen LogP contribution in [0.1, 0.15) is 37.0 Å². The monoisotopic (exact) mass is 322 g/mol. The maximum atomic E-state index is 11.7. The second-order valence-electron chi connectivity index (χ2n) is 5.18. The highest BCUT2D eigenvalue weighted by atomic mass is 32.2. The Morgan fingerprint density at radius 3 is 2.73 bits per heavy atom. The molecule has 0 aliphatic carbocycles. The molecule has 0 spiro atoms. The Hall–Kier alpha value is -1.73. The second kappa shape index (κ2) is 8.05. The van der Waals surface area contributed by atoms with Crippen molar-refractivity contribution >= 4 is 10.0 Å². The molecule has 2 N–H and O–H groups in total. The van der Waals surface area contributed by atoms with Crippen molar-refractivity contribution in [3.05, 3.63) is 47.5 Å². The first-order valence-electron chi connectivity index (χ1n) is 7.50. The van der Waals surface area contributed by atoms with Gasteiger partial charge in [-0.25, -0.2) is 18.1 Å². The zero-order valence-electron chi connectivity index (χ0n) is 12.7. The van der Waals surface area contributed by atoms with Gasteiger partial charge in [0.1, 0.15) is 5.82 Å². The minimum absolute atomic E-state index is 0.177. The fourth-order valence-electron chi connectivity index (χ4n) is 2.04. The van der Waals surface area contributed by atoms with E-state index in [1.807, 2.05) is 37.3 Å². The van der Waals surface area contributed by atoms with Gasteiger partial charge < -0.3 is 0 Å². The van der Waals surface area contributed by atoms with Gasteiger partial charge in [-0.2, -0.15) is 5.10 Å². The van der Waals surface area contributed by atoms with E-state index in [1.165, 1.54) is 0 Å². The van der Waals surface area contributed by atoms with Gasteiger partial charge in [0.15, 0.2) is 5.82 Å². The highest BCUT2D eigenvalue weighted by molar-refractivity contribution is 7.89. The third-order valence-corrected chi connectivity index (χ3v) is 4.70. The molecule has 2 aromatic rings. The van der Waals surface area contributed by atoms with E-state index in [-0.39, 0.29) is 5.75 Å². The zero-order valence-corrected chi connectivity index (χ0v) is 13.6. The second-order valence-corrected chi connectivity index (χ2v) is 7.10. The summed E-state index contributed by atoms with van der Waals surface area (Å²) in [7, 11) is -3.17. The molecule has 0 fully saturated rings. The Morgan fingerprint density at radius 2 is 2.00 bits per heavy atom. The summed E-state index contributed by atoms with van der Waals surface area (Å²) in [6.45, 7) is 2.30. The number of benzene rings is 1. The lowest BCUT2D eigenvalue weighted by molar-refractivity contribution is 0.577. The Labute approximate surface area is 131 Å². The van der Waals surface area contributed by atoms with Crippen LogP contribution in [-0.4, -0.2) is 35.9 Å². The van der Waals surface area contributed by atoms with E-state index in [1.54, 1.807) is 0 Å². The highest BCUT2D eigenvalue weighted by Crippen LogP contribution is 2.05. The van der Waals surface area contributed by atoms with Crippen LogP contribution in [-0.2, 0) is 22.9 Å². The summed E-state index contributed by atoms with van der Waals surface area (Å²) >= 11 is 0. The summed E-state index contributed by atoms with van der Waals surface area (Å²) in [4.78, 5) is 4.39. The van der Waals surface area contributed by atoms with Gasteiger partial charge in [-0.3, -0.25) is 5.10 Å². The molecular weight excluding hydrogens is 300 g/mol. The van der Waals surface area contributed by atoms with Crippen molar-refractivity contribution in [2.24, 2.45) is 0 Å². The van der Waals surface area contributed by atoms with Crippen LogP contribution in [0.4, 0.5) is 0 Å². The highest BCUT2D eigenvalue weighted by Gasteiger charge is 2.10. The molecule has 0 radical (unpaired) electrons. The van der Waals surface area contributed by atoms with Crippen LogP contribution in [0.3, 0.4) is 0 Å². The molecule has 0 saturated carbocycles. The van der Waals surface area contributed by atoms with Gasteiger partial charge in [-0.1, -0.05) is 43.7 Å². The smallest absolute Gasteiger partial charge is 0.211 e.